The number of benzene rings is 3. The second-order valence-corrected chi connectivity index (χ2v) is 9.16. The normalized spacial score (nSPS) is 17.2. The maximum Gasteiger partial charge on any atom is 0.318 e. The molecular formula is C28H31N5O2. The Morgan fingerprint density at radius 2 is 1.60 bits per heavy atom. The molecule has 4 aromatic rings. The van der Waals surface area contributed by atoms with Crippen molar-refractivity contribution in [3.05, 3.63) is 60.7 Å². The minimum Gasteiger partial charge on any atom is -0.462 e. The Hall–Kier alpha value is -3.26. The van der Waals surface area contributed by atoms with Crippen LogP contribution in [0.2, 0.25) is 0 Å². The number of nitrogens with one attached hydrogen (secondary N) is 1. The highest BCUT2D eigenvalue weighted by Gasteiger charge is 2.19. The second kappa shape index (κ2) is 10.2. The van der Waals surface area contributed by atoms with Crippen LogP contribution in [0, 0.1) is 0 Å². The van der Waals surface area contributed by atoms with E-state index in [9.17, 15) is 0 Å². The van der Waals surface area contributed by atoms with E-state index in [0.29, 0.717) is 12.6 Å². The summed E-state index contributed by atoms with van der Waals surface area (Å²) in [6, 6.07) is 22.1. The predicted octanol–water partition coefficient (Wildman–Crippen LogP) is 3.57. The summed E-state index contributed by atoms with van der Waals surface area (Å²) in [7, 11) is 0. The number of ether oxygens (including phenoxy) is 2. The number of aromatic nitrogens is 2. The zero-order valence-corrected chi connectivity index (χ0v) is 19.9. The molecule has 2 aliphatic heterocycles. The van der Waals surface area contributed by atoms with E-state index in [1.165, 1.54) is 21.9 Å². The monoisotopic (exact) mass is 469 g/mol. The lowest BCUT2D eigenvalue weighted by Gasteiger charge is -2.29. The summed E-state index contributed by atoms with van der Waals surface area (Å²) in [5.41, 5.74) is 3.28. The van der Waals surface area contributed by atoms with Crippen LogP contribution in [0.4, 0.5) is 5.82 Å². The van der Waals surface area contributed by atoms with Crippen molar-refractivity contribution in [1.29, 1.82) is 0 Å². The van der Waals surface area contributed by atoms with E-state index in [0.717, 1.165) is 75.7 Å². The van der Waals surface area contributed by atoms with Gasteiger partial charge < -0.3 is 19.7 Å². The van der Waals surface area contributed by atoms with Gasteiger partial charge in [-0.2, -0.15) is 9.97 Å². The molecule has 0 spiro atoms. The molecule has 7 heteroatoms. The fourth-order valence-electron chi connectivity index (χ4n) is 4.91. The van der Waals surface area contributed by atoms with Crippen LogP contribution in [0.5, 0.6) is 6.01 Å². The minimum atomic E-state index is 0.456. The van der Waals surface area contributed by atoms with Gasteiger partial charge in [0.1, 0.15) is 12.4 Å². The molecule has 0 aliphatic carbocycles. The molecule has 180 valence electrons. The van der Waals surface area contributed by atoms with Gasteiger partial charge in [-0.15, -0.1) is 0 Å². The number of nitrogens with zero attached hydrogens (tertiary/aromatic N) is 4. The third kappa shape index (κ3) is 4.93. The van der Waals surface area contributed by atoms with Crippen molar-refractivity contribution in [2.75, 3.05) is 70.5 Å². The zero-order chi connectivity index (χ0) is 23.5. The van der Waals surface area contributed by atoms with E-state index in [2.05, 4.69) is 75.8 Å². The molecule has 7 nitrogen and oxygen atoms in total. The molecule has 0 bridgehead atoms. The van der Waals surface area contributed by atoms with Crippen molar-refractivity contribution in [3.8, 4) is 17.1 Å². The fraction of sp³-hybridized carbons (Fsp3) is 0.357. The molecule has 1 aromatic heterocycles. The minimum absolute atomic E-state index is 0.456. The Bertz CT molecular complexity index is 1320. The number of morpholine rings is 1. The van der Waals surface area contributed by atoms with Crippen LogP contribution in [0.25, 0.3) is 32.8 Å². The second-order valence-electron chi connectivity index (χ2n) is 9.16. The van der Waals surface area contributed by atoms with Crippen molar-refractivity contribution in [1.82, 2.24) is 20.2 Å². The van der Waals surface area contributed by atoms with Gasteiger partial charge in [-0.25, -0.2) is 0 Å². The first-order valence-corrected chi connectivity index (χ1v) is 12.5. The fourth-order valence-corrected chi connectivity index (χ4v) is 4.91. The average molecular weight is 470 g/mol. The largest absolute Gasteiger partial charge is 0.462 e. The number of hydrogen-bond acceptors (Lipinski definition) is 7. The van der Waals surface area contributed by atoms with Crippen LogP contribution >= 0.6 is 0 Å². The molecule has 0 radical (unpaired) electrons. The molecule has 35 heavy (non-hydrogen) atoms. The summed E-state index contributed by atoms with van der Waals surface area (Å²) in [6.07, 6.45) is 0. The van der Waals surface area contributed by atoms with Gasteiger partial charge in [-0.3, -0.25) is 4.90 Å². The molecular weight excluding hydrogens is 438 g/mol. The molecule has 0 amide bonds. The Kier molecular flexibility index (Phi) is 6.45. The standard InChI is InChI=1S/C28H31N5O2/c1-2-4-22-19-23(6-5-21(22)3-1)24-7-8-26-25(20-24)27(33-11-9-29-10-12-33)31-28(30-26)35-18-15-32-13-16-34-17-14-32/h1-8,19-20,29H,9-18H2. The lowest BCUT2D eigenvalue weighted by molar-refractivity contribution is 0.0317. The van der Waals surface area contributed by atoms with Crippen LogP contribution in [0.15, 0.2) is 60.7 Å². The predicted molar refractivity (Wildman–Crippen MR) is 140 cm³/mol. The Labute approximate surface area is 205 Å². The number of hydrogen-bond donors (Lipinski definition) is 1. The molecule has 1 N–H and O–H groups in total. The van der Waals surface area contributed by atoms with Crippen molar-refractivity contribution in [2.24, 2.45) is 0 Å². The molecule has 0 unspecified atom stereocenters. The molecule has 2 saturated heterocycles. The summed E-state index contributed by atoms with van der Waals surface area (Å²) in [5.74, 6) is 0.959. The van der Waals surface area contributed by atoms with Gasteiger partial charge in [0.05, 0.1) is 18.7 Å². The van der Waals surface area contributed by atoms with Crippen LogP contribution in [0.3, 0.4) is 0 Å². The lowest BCUT2D eigenvalue weighted by Crippen LogP contribution is -2.44. The van der Waals surface area contributed by atoms with E-state index >= 15 is 0 Å². The van der Waals surface area contributed by atoms with Gasteiger partial charge in [-0.1, -0.05) is 42.5 Å². The number of piperazine rings is 1. The van der Waals surface area contributed by atoms with Crippen molar-refractivity contribution < 1.29 is 9.47 Å². The highest BCUT2D eigenvalue weighted by molar-refractivity contribution is 5.95. The highest BCUT2D eigenvalue weighted by atomic mass is 16.5. The van der Waals surface area contributed by atoms with Crippen molar-refractivity contribution in [3.63, 3.8) is 0 Å². The Morgan fingerprint density at radius 3 is 2.46 bits per heavy atom. The molecule has 3 heterocycles. The van der Waals surface area contributed by atoms with Gasteiger partial charge in [0, 0.05) is 51.2 Å². The van der Waals surface area contributed by atoms with E-state index < -0.39 is 0 Å². The first-order chi connectivity index (χ1) is 17.3. The number of anilines is 1. The quantitative estimate of drug-likeness (QED) is 0.463. The summed E-state index contributed by atoms with van der Waals surface area (Å²) < 4.78 is 11.5. The molecule has 3 aromatic carbocycles. The SMILES string of the molecule is c1ccc2cc(-c3ccc4nc(OCCN5CCOCC5)nc(N5CCNCC5)c4c3)ccc2c1. The maximum absolute atomic E-state index is 6.06. The lowest BCUT2D eigenvalue weighted by atomic mass is 10.00. The van der Waals surface area contributed by atoms with Gasteiger partial charge >= 0.3 is 6.01 Å². The smallest absolute Gasteiger partial charge is 0.318 e. The molecule has 0 saturated carbocycles. The summed E-state index contributed by atoms with van der Waals surface area (Å²) >= 11 is 0. The zero-order valence-electron chi connectivity index (χ0n) is 19.9. The van der Waals surface area contributed by atoms with Gasteiger partial charge in [0.2, 0.25) is 0 Å². The van der Waals surface area contributed by atoms with Crippen molar-refractivity contribution in [2.45, 2.75) is 0 Å². The van der Waals surface area contributed by atoms with Crippen molar-refractivity contribution >= 4 is 27.5 Å². The van der Waals surface area contributed by atoms with Gasteiger partial charge in [0.15, 0.2) is 0 Å². The van der Waals surface area contributed by atoms with Gasteiger partial charge in [-0.05, 0) is 40.1 Å². The van der Waals surface area contributed by atoms with E-state index in [4.69, 9.17) is 19.4 Å². The Morgan fingerprint density at radius 1 is 0.829 bits per heavy atom. The molecule has 2 fully saturated rings. The van der Waals surface area contributed by atoms with Crippen LogP contribution in [-0.4, -0.2) is 80.5 Å². The van der Waals surface area contributed by atoms with E-state index in [1.807, 2.05) is 0 Å². The Balaban J connectivity index is 1.32. The van der Waals surface area contributed by atoms with E-state index in [1.54, 1.807) is 0 Å². The van der Waals surface area contributed by atoms with Crippen LogP contribution in [0.1, 0.15) is 0 Å². The maximum atomic E-state index is 6.06. The summed E-state index contributed by atoms with van der Waals surface area (Å²) in [5, 5.41) is 7.00. The number of fused-ring (bicyclic) bond motifs is 2. The topological polar surface area (TPSA) is 62.8 Å². The first kappa shape index (κ1) is 22.2. The van der Waals surface area contributed by atoms with Crippen LogP contribution < -0.4 is 15.0 Å². The van der Waals surface area contributed by atoms with E-state index in [-0.39, 0.29) is 0 Å². The highest BCUT2D eigenvalue weighted by Crippen LogP contribution is 2.32. The first-order valence-electron chi connectivity index (χ1n) is 12.5. The summed E-state index contributed by atoms with van der Waals surface area (Å²) in [6.45, 7) is 8.64. The molecule has 0 atom stereocenters. The van der Waals surface area contributed by atoms with Crippen LogP contribution in [-0.2, 0) is 4.74 Å². The molecule has 2 aliphatic rings. The molecule has 6 rings (SSSR count). The third-order valence-electron chi connectivity index (χ3n) is 6.90. The third-order valence-corrected chi connectivity index (χ3v) is 6.90. The summed E-state index contributed by atoms with van der Waals surface area (Å²) in [4.78, 5) is 14.4. The van der Waals surface area contributed by atoms with Gasteiger partial charge in [0.25, 0.3) is 0 Å². The average Bonchev–Trinajstić information content (AvgIpc) is 2.93. The number of rotatable bonds is 6.